The SMILES string of the molecule is Cc1cccc(NC(=O)C(N)CC(C)C)c1C. The fourth-order valence-corrected chi connectivity index (χ4v) is 1.73. The normalized spacial score (nSPS) is 12.6. The summed E-state index contributed by atoms with van der Waals surface area (Å²) in [5.74, 6) is 0.321. The molecule has 3 heteroatoms. The molecule has 17 heavy (non-hydrogen) atoms. The molecule has 0 spiro atoms. The van der Waals surface area contributed by atoms with Crippen molar-refractivity contribution in [2.24, 2.45) is 11.7 Å². The van der Waals surface area contributed by atoms with Gasteiger partial charge >= 0.3 is 0 Å². The summed E-state index contributed by atoms with van der Waals surface area (Å²) in [5, 5.41) is 2.89. The molecule has 0 heterocycles. The van der Waals surface area contributed by atoms with Gasteiger partial charge in [-0.25, -0.2) is 0 Å². The Morgan fingerprint density at radius 3 is 2.59 bits per heavy atom. The van der Waals surface area contributed by atoms with Crippen LogP contribution in [0.4, 0.5) is 5.69 Å². The van der Waals surface area contributed by atoms with Gasteiger partial charge in [-0.3, -0.25) is 4.79 Å². The third-order valence-corrected chi connectivity index (χ3v) is 2.92. The molecule has 0 fully saturated rings. The van der Waals surface area contributed by atoms with Crippen LogP contribution in [0.5, 0.6) is 0 Å². The minimum Gasteiger partial charge on any atom is -0.324 e. The molecule has 0 aliphatic carbocycles. The van der Waals surface area contributed by atoms with E-state index in [9.17, 15) is 4.79 Å². The molecule has 0 saturated carbocycles. The summed E-state index contributed by atoms with van der Waals surface area (Å²) >= 11 is 0. The van der Waals surface area contributed by atoms with Crippen LogP contribution in [0.2, 0.25) is 0 Å². The lowest BCUT2D eigenvalue weighted by atomic mass is 10.0. The monoisotopic (exact) mass is 234 g/mol. The highest BCUT2D eigenvalue weighted by molar-refractivity contribution is 5.95. The first-order valence-corrected chi connectivity index (χ1v) is 6.04. The molecule has 0 saturated heterocycles. The number of hydrogen-bond acceptors (Lipinski definition) is 2. The summed E-state index contributed by atoms with van der Waals surface area (Å²) in [6.07, 6.45) is 0.705. The van der Waals surface area contributed by atoms with Gasteiger partial charge in [-0.15, -0.1) is 0 Å². The van der Waals surface area contributed by atoms with E-state index in [1.807, 2.05) is 32.0 Å². The number of amides is 1. The van der Waals surface area contributed by atoms with Gasteiger partial charge in [-0.05, 0) is 43.4 Å². The Hall–Kier alpha value is -1.35. The first-order valence-electron chi connectivity index (χ1n) is 6.04. The average molecular weight is 234 g/mol. The van der Waals surface area contributed by atoms with Crippen molar-refractivity contribution >= 4 is 11.6 Å². The Balaban J connectivity index is 2.71. The molecule has 3 nitrogen and oxygen atoms in total. The number of rotatable bonds is 4. The topological polar surface area (TPSA) is 55.1 Å². The standard InChI is InChI=1S/C14H22N2O/c1-9(2)8-12(15)14(17)16-13-7-5-6-10(3)11(13)4/h5-7,9,12H,8,15H2,1-4H3,(H,16,17). The maximum atomic E-state index is 11.9. The number of aryl methyl sites for hydroxylation is 1. The number of anilines is 1. The van der Waals surface area contributed by atoms with Gasteiger partial charge in [0.1, 0.15) is 0 Å². The molecule has 0 aromatic heterocycles. The summed E-state index contributed by atoms with van der Waals surface area (Å²) in [7, 11) is 0. The quantitative estimate of drug-likeness (QED) is 0.841. The molecule has 1 unspecified atom stereocenters. The molecule has 0 bridgehead atoms. The Morgan fingerprint density at radius 1 is 1.35 bits per heavy atom. The number of hydrogen-bond donors (Lipinski definition) is 2. The Bertz CT molecular complexity index is 399. The number of carbonyl (C=O) groups excluding carboxylic acids is 1. The third-order valence-electron chi connectivity index (χ3n) is 2.92. The van der Waals surface area contributed by atoms with Crippen LogP contribution < -0.4 is 11.1 Å². The van der Waals surface area contributed by atoms with E-state index in [0.29, 0.717) is 12.3 Å². The zero-order chi connectivity index (χ0) is 13.0. The van der Waals surface area contributed by atoms with Crippen LogP contribution >= 0.6 is 0 Å². The first kappa shape index (κ1) is 13.7. The van der Waals surface area contributed by atoms with Crippen LogP contribution in [0, 0.1) is 19.8 Å². The van der Waals surface area contributed by atoms with Gasteiger partial charge in [0.15, 0.2) is 0 Å². The fourth-order valence-electron chi connectivity index (χ4n) is 1.73. The Morgan fingerprint density at radius 2 is 2.00 bits per heavy atom. The predicted octanol–water partition coefficient (Wildman–Crippen LogP) is 2.62. The molecule has 3 N–H and O–H groups in total. The van der Waals surface area contributed by atoms with Crippen LogP contribution in [0.25, 0.3) is 0 Å². The van der Waals surface area contributed by atoms with E-state index in [-0.39, 0.29) is 5.91 Å². The van der Waals surface area contributed by atoms with E-state index in [1.165, 1.54) is 5.56 Å². The van der Waals surface area contributed by atoms with Gasteiger partial charge in [0.2, 0.25) is 5.91 Å². The molecule has 1 atom stereocenters. The molecule has 1 rings (SSSR count). The Kier molecular flexibility index (Phi) is 4.70. The van der Waals surface area contributed by atoms with Crippen LogP contribution in [-0.4, -0.2) is 11.9 Å². The minimum absolute atomic E-state index is 0.104. The van der Waals surface area contributed by atoms with E-state index >= 15 is 0 Å². The van der Waals surface area contributed by atoms with E-state index in [2.05, 4.69) is 19.2 Å². The lowest BCUT2D eigenvalue weighted by molar-refractivity contribution is -0.117. The molecule has 0 aliphatic heterocycles. The van der Waals surface area contributed by atoms with Crippen molar-refractivity contribution in [3.05, 3.63) is 29.3 Å². The van der Waals surface area contributed by atoms with Crippen LogP contribution in [0.1, 0.15) is 31.4 Å². The van der Waals surface area contributed by atoms with Crippen molar-refractivity contribution in [3.8, 4) is 0 Å². The molecular formula is C14H22N2O. The molecule has 0 aliphatic rings. The van der Waals surface area contributed by atoms with Crippen LogP contribution in [0.3, 0.4) is 0 Å². The minimum atomic E-state index is -0.435. The van der Waals surface area contributed by atoms with E-state index < -0.39 is 6.04 Å². The second-order valence-corrected chi connectivity index (χ2v) is 4.97. The van der Waals surface area contributed by atoms with Crippen molar-refractivity contribution in [1.82, 2.24) is 0 Å². The van der Waals surface area contributed by atoms with Crippen LogP contribution in [-0.2, 0) is 4.79 Å². The average Bonchev–Trinajstić information content (AvgIpc) is 2.23. The molecule has 1 aromatic carbocycles. The van der Waals surface area contributed by atoms with Crippen molar-refractivity contribution in [2.45, 2.75) is 40.2 Å². The molecule has 0 radical (unpaired) electrons. The second-order valence-electron chi connectivity index (χ2n) is 4.97. The zero-order valence-corrected chi connectivity index (χ0v) is 11.1. The molecule has 1 aromatic rings. The van der Waals surface area contributed by atoms with Crippen molar-refractivity contribution in [2.75, 3.05) is 5.32 Å². The predicted molar refractivity (Wildman–Crippen MR) is 72.0 cm³/mol. The summed E-state index contributed by atoms with van der Waals surface area (Å²) in [6.45, 7) is 8.15. The van der Waals surface area contributed by atoms with Gasteiger partial charge in [0.25, 0.3) is 0 Å². The smallest absolute Gasteiger partial charge is 0.241 e. The lowest BCUT2D eigenvalue weighted by Gasteiger charge is -2.16. The number of carbonyl (C=O) groups is 1. The summed E-state index contributed by atoms with van der Waals surface area (Å²) in [5.41, 5.74) is 8.96. The first-order chi connectivity index (χ1) is 7.91. The van der Waals surface area contributed by atoms with Crippen LogP contribution in [0.15, 0.2) is 18.2 Å². The number of nitrogens with two attached hydrogens (primary N) is 1. The Labute approximate surface area is 103 Å². The van der Waals surface area contributed by atoms with Gasteiger partial charge in [-0.1, -0.05) is 26.0 Å². The highest BCUT2D eigenvalue weighted by Gasteiger charge is 2.15. The fraction of sp³-hybridized carbons (Fsp3) is 0.500. The van der Waals surface area contributed by atoms with Gasteiger partial charge < -0.3 is 11.1 Å². The molecule has 1 amide bonds. The van der Waals surface area contributed by atoms with E-state index in [4.69, 9.17) is 5.73 Å². The highest BCUT2D eigenvalue weighted by atomic mass is 16.2. The van der Waals surface area contributed by atoms with Gasteiger partial charge in [0.05, 0.1) is 6.04 Å². The number of benzene rings is 1. The molecular weight excluding hydrogens is 212 g/mol. The maximum Gasteiger partial charge on any atom is 0.241 e. The van der Waals surface area contributed by atoms with E-state index in [1.54, 1.807) is 0 Å². The van der Waals surface area contributed by atoms with Gasteiger partial charge in [-0.2, -0.15) is 0 Å². The lowest BCUT2D eigenvalue weighted by Crippen LogP contribution is -2.36. The summed E-state index contributed by atoms with van der Waals surface area (Å²) < 4.78 is 0. The summed E-state index contributed by atoms with van der Waals surface area (Å²) in [4.78, 5) is 11.9. The largest absolute Gasteiger partial charge is 0.324 e. The van der Waals surface area contributed by atoms with E-state index in [0.717, 1.165) is 11.3 Å². The highest BCUT2D eigenvalue weighted by Crippen LogP contribution is 2.18. The maximum absolute atomic E-state index is 11.9. The second kappa shape index (κ2) is 5.82. The summed E-state index contributed by atoms with van der Waals surface area (Å²) in [6, 6.07) is 5.43. The third kappa shape index (κ3) is 3.86. The van der Waals surface area contributed by atoms with Gasteiger partial charge in [0, 0.05) is 5.69 Å². The van der Waals surface area contributed by atoms with Crippen molar-refractivity contribution < 1.29 is 4.79 Å². The molecule has 94 valence electrons. The van der Waals surface area contributed by atoms with Crippen molar-refractivity contribution in [3.63, 3.8) is 0 Å². The number of nitrogens with one attached hydrogen (secondary N) is 1. The zero-order valence-electron chi connectivity index (χ0n) is 11.1. The van der Waals surface area contributed by atoms with Crippen molar-refractivity contribution in [1.29, 1.82) is 0 Å².